The highest BCUT2D eigenvalue weighted by Gasteiger charge is 2.29. The number of ether oxygens (including phenoxy) is 1. The van der Waals surface area contributed by atoms with Gasteiger partial charge in [-0.3, -0.25) is 14.4 Å². The van der Waals surface area contributed by atoms with E-state index in [9.17, 15) is 14.4 Å². The quantitative estimate of drug-likeness (QED) is 0.628. The molecule has 0 aromatic heterocycles. The summed E-state index contributed by atoms with van der Waals surface area (Å²) in [6.45, 7) is 6.67. The molecule has 0 saturated carbocycles. The van der Waals surface area contributed by atoms with Gasteiger partial charge < -0.3 is 20.3 Å². The van der Waals surface area contributed by atoms with E-state index >= 15 is 0 Å². The van der Waals surface area contributed by atoms with Crippen LogP contribution in [0.2, 0.25) is 0 Å². The highest BCUT2D eigenvalue weighted by Crippen LogP contribution is 2.23. The summed E-state index contributed by atoms with van der Waals surface area (Å²) in [5.74, 6) is -0.0473. The fourth-order valence-corrected chi connectivity index (χ4v) is 4.15. The predicted molar refractivity (Wildman–Crippen MR) is 129 cm³/mol. The molecule has 1 aliphatic heterocycles. The fourth-order valence-electron chi connectivity index (χ4n) is 4.15. The lowest BCUT2D eigenvalue weighted by molar-refractivity contribution is -0.139. The van der Waals surface area contributed by atoms with Gasteiger partial charge in [0.05, 0.1) is 11.3 Å². The van der Waals surface area contributed by atoms with E-state index < -0.39 is 0 Å². The van der Waals surface area contributed by atoms with E-state index in [2.05, 4.69) is 24.5 Å². The number of carbonyl (C=O) groups excluding carboxylic acids is 3. The second-order valence-corrected chi connectivity index (χ2v) is 8.50. The molecule has 0 bridgehead atoms. The number of anilines is 1. The summed E-state index contributed by atoms with van der Waals surface area (Å²) in [5, 5.41) is 5.63. The molecule has 176 valence electrons. The molecule has 1 saturated heterocycles. The molecular formula is C26H33N3O4. The highest BCUT2D eigenvalue weighted by atomic mass is 16.5. The number of likely N-dealkylation sites (tertiary alicyclic amines) is 1. The first kappa shape index (κ1) is 24.3. The van der Waals surface area contributed by atoms with Crippen LogP contribution in [0.25, 0.3) is 0 Å². The molecule has 1 aliphatic rings. The van der Waals surface area contributed by atoms with Crippen molar-refractivity contribution in [3.05, 3.63) is 59.7 Å². The summed E-state index contributed by atoms with van der Waals surface area (Å²) in [6.07, 6.45) is 4.01. The number of nitrogens with zero attached hydrogens (tertiary/aromatic N) is 1. The van der Waals surface area contributed by atoms with Gasteiger partial charge in [0.25, 0.3) is 17.7 Å². The second-order valence-electron chi connectivity index (χ2n) is 8.50. The highest BCUT2D eigenvalue weighted by molar-refractivity contribution is 6.09. The zero-order valence-electron chi connectivity index (χ0n) is 19.6. The van der Waals surface area contributed by atoms with Gasteiger partial charge in [-0.25, -0.2) is 0 Å². The van der Waals surface area contributed by atoms with Crippen molar-refractivity contribution in [3.63, 3.8) is 0 Å². The van der Waals surface area contributed by atoms with E-state index in [4.69, 9.17) is 4.74 Å². The van der Waals surface area contributed by atoms with Gasteiger partial charge in [-0.2, -0.15) is 0 Å². The van der Waals surface area contributed by atoms with Gasteiger partial charge in [0.2, 0.25) is 0 Å². The molecule has 2 aromatic carbocycles. The average molecular weight is 452 g/mol. The maximum Gasteiger partial charge on any atom is 0.260 e. The van der Waals surface area contributed by atoms with Crippen LogP contribution in [0.5, 0.6) is 5.75 Å². The van der Waals surface area contributed by atoms with Crippen molar-refractivity contribution >= 4 is 23.4 Å². The summed E-state index contributed by atoms with van der Waals surface area (Å²) in [4.78, 5) is 39.6. The van der Waals surface area contributed by atoms with E-state index in [1.165, 1.54) is 0 Å². The van der Waals surface area contributed by atoms with Crippen LogP contribution < -0.4 is 15.4 Å². The van der Waals surface area contributed by atoms with E-state index in [-0.39, 0.29) is 36.4 Å². The molecule has 1 fully saturated rings. The topological polar surface area (TPSA) is 87.7 Å². The number of hydrogen-bond acceptors (Lipinski definition) is 4. The molecule has 0 spiro atoms. The van der Waals surface area contributed by atoms with E-state index in [0.717, 1.165) is 25.7 Å². The first-order chi connectivity index (χ1) is 15.9. The first-order valence-corrected chi connectivity index (χ1v) is 11.6. The number of rotatable bonds is 8. The molecule has 0 radical (unpaired) electrons. The van der Waals surface area contributed by atoms with Crippen LogP contribution in [0, 0.1) is 0 Å². The van der Waals surface area contributed by atoms with Crippen LogP contribution >= 0.6 is 0 Å². The van der Waals surface area contributed by atoms with Gasteiger partial charge >= 0.3 is 0 Å². The third-order valence-electron chi connectivity index (χ3n) is 5.92. The normalized spacial score (nSPS) is 17.8. The number of hydrogen-bond donors (Lipinski definition) is 2. The number of piperidine rings is 1. The molecule has 3 rings (SSSR count). The standard InChI is InChI=1S/C26H33N3O4/c1-4-16-27-26(32)22-10-5-6-11-23(22)28-25(31)20-12-14-21(15-13-20)33-17-24(30)29-18(2)8-7-9-19(29)3/h5-6,10-15,18-19H,4,7-9,16-17H2,1-3H3,(H,27,32)(H,28,31). The molecule has 2 N–H and O–H groups in total. The zero-order valence-corrected chi connectivity index (χ0v) is 19.6. The summed E-state index contributed by atoms with van der Waals surface area (Å²) < 4.78 is 5.68. The number of amides is 3. The Bertz CT molecular complexity index is 964. The Balaban J connectivity index is 1.59. The Labute approximate surface area is 195 Å². The minimum absolute atomic E-state index is 0.0190. The van der Waals surface area contributed by atoms with Crippen molar-refractivity contribution in [1.82, 2.24) is 10.2 Å². The molecule has 2 unspecified atom stereocenters. The van der Waals surface area contributed by atoms with E-state index in [0.29, 0.717) is 29.1 Å². The van der Waals surface area contributed by atoms with Gasteiger partial charge in [0.15, 0.2) is 6.61 Å². The molecule has 2 aromatic rings. The van der Waals surface area contributed by atoms with Crippen LogP contribution in [0.15, 0.2) is 48.5 Å². The predicted octanol–water partition coefficient (Wildman–Crippen LogP) is 4.25. The molecule has 7 nitrogen and oxygen atoms in total. The Morgan fingerprint density at radius 2 is 1.64 bits per heavy atom. The lowest BCUT2D eigenvalue weighted by atomic mass is 9.97. The summed E-state index contributed by atoms with van der Waals surface area (Å²) >= 11 is 0. The molecule has 33 heavy (non-hydrogen) atoms. The van der Waals surface area contributed by atoms with Gasteiger partial charge in [0.1, 0.15) is 5.75 Å². The van der Waals surface area contributed by atoms with E-state index in [1.807, 2.05) is 11.8 Å². The van der Waals surface area contributed by atoms with Crippen molar-refractivity contribution in [2.24, 2.45) is 0 Å². The number of nitrogens with one attached hydrogen (secondary N) is 2. The summed E-state index contributed by atoms with van der Waals surface area (Å²) in [5.41, 5.74) is 1.29. The number of carbonyl (C=O) groups is 3. The van der Waals surface area contributed by atoms with Crippen molar-refractivity contribution in [1.29, 1.82) is 0 Å². The minimum atomic E-state index is -0.329. The van der Waals surface area contributed by atoms with Gasteiger partial charge in [0, 0.05) is 24.2 Å². The molecule has 2 atom stereocenters. The number of benzene rings is 2. The largest absolute Gasteiger partial charge is 0.484 e. The van der Waals surface area contributed by atoms with E-state index in [1.54, 1.807) is 48.5 Å². The Kier molecular flexibility index (Phi) is 8.46. The Hall–Kier alpha value is -3.35. The lowest BCUT2D eigenvalue weighted by Crippen LogP contribution is -2.49. The third kappa shape index (κ3) is 6.34. The van der Waals surface area contributed by atoms with Crippen molar-refractivity contribution in [2.75, 3.05) is 18.5 Å². The molecular weight excluding hydrogens is 418 g/mol. The second kappa shape index (κ2) is 11.5. The van der Waals surface area contributed by atoms with Crippen LogP contribution in [0.1, 0.15) is 67.2 Å². The van der Waals surface area contributed by atoms with Crippen LogP contribution in [0.3, 0.4) is 0 Å². The molecule has 3 amide bonds. The first-order valence-electron chi connectivity index (χ1n) is 11.6. The zero-order chi connectivity index (χ0) is 23.8. The summed E-state index contributed by atoms with van der Waals surface area (Å²) in [7, 11) is 0. The van der Waals surface area contributed by atoms with Crippen molar-refractivity contribution in [2.45, 2.75) is 58.5 Å². The monoisotopic (exact) mass is 451 g/mol. The van der Waals surface area contributed by atoms with Gasteiger partial charge in [-0.15, -0.1) is 0 Å². The SMILES string of the molecule is CCCNC(=O)c1ccccc1NC(=O)c1ccc(OCC(=O)N2C(C)CCCC2C)cc1. The summed E-state index contributed by atoms with van der Waals surface area (Å²) in [6, 6.07) is 14.0. The van der Waals surface area contributed by atoms with Crippen molar-refractivity contribution < 1.29 is 19.1 Å². The molecule has 1 heterocycles. The third-order valence-corrected chi connectivity index (χ3v) is 5.92. The van der Waals surface area contributed by atoms with Crippen LogP contribution in [-0.2, 0) is 4.79 Å². The van der Waals surface area contributed by atoms with Gasteiger partial charge in [-0.05, 0) is 75.9 Å². The smallest absolute Gasteiger partial charge is 0.260 e. The number of para-hydroxylation sites is 1. The Morgan fingerprint density at radius 3 is 2.30 bits per heavy atom. The fraction of sp³-hybridized carbons (Fsp3) is 0.423. The maximum atomic E-state index is 12.7. The average Bonchev–Trinajstić information content (AvgIpc) is 2.81. The molecule has 0 aliphatic carbocycles. The lowest BCUT2D eigenvalue weighted by Gasteiger charge is -2.38. The maximum absolute atomic E-state index is 12.7. The minimum Gasteiger partial charge on any atom is -0.484 e. The van der Waals surface area contributed by atoms with Crippen LogP contribution in [-0.4, -0.2) is 47.9 Å². The Morgan fingerprint density at radius 1 is 0.970 bits per heavy atom. The van der Waals surface area contributed by atoms with Crippen LogP contribution in [0.4, 0.5) is 5.69 Å². The molecule has 7 heteroatoms. The van der Waals surface area contributed by atoms with Crippen molar-refractivity contribution in [3.8, 4) is 5.75 Å². The van der Waals surface area contributed by atoms with Gasteiger partial charge in [-0.1, -0.05) is 19.1 Å².